The molecule has 0 fully saturated rings. The SMILES string of the molecule is C=C(C)O.CNC(C)=O. The second-order valence-electron chi connectivity index (χ2n) is 1.54. The van der Waals surface area contributed by atoms with Gasteiger partial charge in [0.05, 0.1) is 5.76 Å². The van der Waals surface area contributed by atoms with Crippen LogP contribution in [0.15, 0.2) is 12.3 Å². The number of aliphatic hydroxyl groups excluding tert-OH is 1. The van der Waals surface area contributed by atoms with Crippen LogP contribution in [0.3, 0.4) is 0 Å². The number of allylic oxidation sites excluding steroid dienone is 1. The second kappa shape index (κ2) is 7.01. The zero-order valence-electron chi connectivity index (χ0n) is 6.06. The van der Waals surface area contributed by atoms with Crippen LogP contribution in [-0.2, 0) is 4.79 Å². The first-order chi connectivity index (χ1) is 4.00. The van der Waals surface area contributed by atoms with Crippen molar-refractivity contribution >= 4 is 5.91 Å². The number of nitrogens with one attached hydrogen (secondary N) is 1. The van der Waals surface area contributed by atoms with Gasteiger partial charge < -0.3 is 10.4 Å². The normalized spacial score (nSPS) is 6.56. The van der Waals surface area contributed by atoms with Crippen molar-refractivity contribution in [3.63, 3.8) is 0 Å². The van der Waals surface area contributed by atoms with E-state index in [0.717, 1.165) is 0 Å². The fourth-order valence-electron chi connectivity index (χ4n) is 0. The van der Waals surface area contributed by atoms with Crippen LogP contribution in [0, 0.1) is 0 Å². The smallest absolute Gasteiger partial charge is 0.216 e. The van der Waals surface area contributed by atoms with Crippen molar-refractivity contribution < 1.29 is 9.90 Å². The van der Waals surface area contributed by atoms with E-state index in [2.05, 4.69) is 11.9 Å². The van der Waals surface area contributed by atoms with Gasteiger partial charge in [-0.3, -0.25) is 4.79 Å². The number of amides is 1. The summed E-state index contributed by atoms with van der Waals surface area (Å²) in [6.45, 7) is 6.11. The van der Waals surface area contributed by atoms with Crippen LogP contribution in [0.2, 0.25) is 0 Å². The molecule has 0 saturated carbocycles. The number of rotatable bonds is 0. The van der Waals surface area contributed by atoms with Gasteiger partial charge in [0.2, 0.25) is 5.91 Å². The summed E-state index contributed by atoms with van der Waals surface area (Å²) in [5.74, 6) is 0.171. The summed E-state index contributed by atoms with van der Waals surface area (Å²) >= 11 is 0. The van der Waals surface area contributed by atoms with Crippen molar-refractivity contribution in [3.8, 4) is 0 Å². The topological polar surface area (TPSA) is 49.3 Å². The number of hydrogen-bond donors (Lipinski definition) is 2. The quantitative estimate of drug-likeness (QED) is 0.478. The number of hydrogen-bond acceptors (Lipinski definition) is 2. The lowest BCUT2D eigenvalue weighted by atomic mass is 10.7. The van der Waals surface area contributed by atoms with Crippen molar-refractivity contribution in [2.75, 3.05) is 7.05 Å². The minimum Gasteiger partial charge on any atom is -0.513 e. The van der Waals surface area contributed by atoms with Crippen LogP contribution in [-0.4, -0.2) is 18.1 Å². The first kappa shape index (κ1) is 10.9. The molecule has 0 saturated heterocycles. The Labute approximate surface area is 55.4 Å². The van der Waals surface area contributed by atoms with Gasteiger partial charge in [-0.15, -0.1) is 0 Å². The molecule has 0 rings (SSSR count). The summed E-state index contributed by atoms with van der Waals surface area (Å²) in [6, 6.07) is 0. The van der Waals surface area contributed by atoms with E-state index in [0.29, 0.717) is 0 Å². The van der Waals surface area contributed by atoms with Crippen molar-refractivity contribution in [2.24, 2.45) is 0 Å². The third-order valence-corrected chi connectivity index (χ3v) is 0.352. The van der Waals surface area contributed by atoms with E-state index in [1.54, 1.807) is 7.05 Å². The van der Waals surface area contributed by atoms with Gasteiger partial charge in [0.25, 0.3) is 0 Å². The molecule has 0 aromatic rings. The molecule has 0 spiro atoms. The molecule has 0 bridgehead atoms. The van der Waals surface area contributed by atoms with Crippen LogP contribution in [0.25, 0.3) is 0 Å². The van der Waals surface area contributed by atoms with Crippen LogP contribution in [0.4, 0.5) is 0 Å². The van der Waals surface area contributed by atoms with Crippen molar-refractivity contribution in [1.29, 1.82) is 0 Å². The average Bonchev–Trinajstić information content (AvgIpc) is 1.65. The van der Waals surface area contributed by atoms with Crippen molar-refractivity contribution in [3.05, 3.63) is 12.3 Å². The van der Waals surface area contributed by atoms with Gasteiger partial charge in [0.15, 0.2) is 0 Å². The molecule has 3 nitrogen and oxygen atoms in total. The Balaban J connectivity index is 0. The second-order valence-corrected chi connectivity index (χ2v) is 1.54. The summed E-state index contributed by atoms with van der Waals surface area (Å²) in [5.41, 5.74) is 0. The maximum atomic E-state index is 9.70. The molecule has 1 amide bonds. The molecule has 0 radical (unpaired) electrons. The van der Waals surface area contributed by atoms with Gasteiger partial charge in [-0.1, -0.05) is 6.58 Å². The largest absolute Gasteiger partial charge is 0.513 e. The molecule has 0 heterocycles. The molecule has 9 heavy (non-hydrogen) atoms. The number of carbonyl (C=O) groups is 1. The van der Waals surface area contributed by atoms with Gasteiger partial charge in [-0.05, 0) is 6.92 Å². The monoisotopic (exact) mass is 131 g/mol. The van der Waals surface area contributed by atoms with Crippen LogP contribution >= 0.6 is 0 Å². The molecule has 0 aliphatic carbocycles. The lowest BCUT2D eigenvalue weighted by Crippen LogP contribution is -2.11. The molecule has 2 N–H and O–H groups in total. The first-order valence-electron chi connectivity index (χ1n) is 2.53. The predicted octanol–water partition coefficient (Wildman–Crippen LogP) is 0.830. The Morgan fingerprint density at radius 1 is 1.56 bits per heavy atom. The van der Waals surface area contributed by atoms with Crippen LogP contribution in [0.1, 0.15) is 13.8 Å². The van der Waals surface area contributed by atoms with Gasteiger partial charge >= 0.3 is 0 Å². The third kappa shape index (κ3) is 172. The van der Waals surface area contributed by atoms with Gasteiger partial charge in [0.1, 0.15) is 0 Å². The van der Waals surface area contributed by atoms with Crippen molar-refractivity contribution in [2.45, 2.75) is 13.8 Å². The number of aliphatic hydroxyl groups is 1. The summed E-state index contributed by atoms with van der Waals surface area (Å²) in [4.78, 5) is 9.70. The van der Waals surface area contributed by atoms with Gasteiger partial charge in [0, 0.05) is 14.0 Å². The zero-order valence-corrected chi connectivity index (χ0v) is 6.06. The molecular weight excluding hydrogens is 118 g/mol. The van der Waals surface area contributed by atoms with E-state index >= 15 is 0 Å². The molecule has 0 atom stereocenters. The van der Waals surface area contributed by atoms with Crippen LogP contribution < -0.4 is 5.32 Å². The molecule has 0 unspecified atom stereocenters. The predicted molar refractivity (Wildman–Crippen MR) is 37.2 cm³/mol. The average molecular weight is 131 g/mol. The highest BCUT2D eigenvalue weighted by atomic mass is 16.3. The van der Waals surface area contributed by atoms with Crippen LogP contribution in [0.5, 0.6) is 0 Å². The highest BCUT2D eigenvalue weighted by Crippen LogP contribution is 1.66. The highest BCUT2D eigenvalue weighted by Gasteiger charge is 1.72. The van der Waals surface area contributed by atoms with E-state index in [-0.39, 0.29) is 11.7 Å². The number of carbonyl (C=O) groups excluding carboxylic acids is 1. The minimum absolute atomic E-state index is 0.00463. The van der Waals surface area contributed by atoms with E-state index in [1.807, 2.05) is 0 Å². The van der Waals surface area contributed by atoms with Gasteiger partial charge in [-0.2, -0.15) is 0 Å². The maximum Gasteiger partial charge on any atom is 0.216 e. The lowest BCUT2D eigenvalue weighted by Gasteiger charge is -1.80. The Morgan fingerprint density at radius 2 is 1.67 bits per heavy atom. The summed E-state index contributed by atoms with van der Waals surface area (Å²) in [7, 11) is 1.60. The molecule has 0 aliphatic heterocycles. The zero-order chi connectivity index (χ0) is 7.86. The Kier molecular flexibility index (Phi) is 8.49. The summed E-state index contributed by atoms with van der Waals surface area (Å²) in [5, 5.41) is 10.2. The first-order valence-corrected chi connectivity index (χ1v) is 2.53. The summed E-state index contributed by atoms with van der Waals surface area (Å²) < 4.78 is 0. The van der Waals surface area contributed by atoms with E-state index in [1.165, 1.54) is 13.8 Å². The summed E-state index contributed by atoms with van der Waals surface area (Å²) in [6.07, 6.45) is 0. The van der Waals surface area contributed by atoms with Crippen molar-refractivity contribution in [1.82, 2.24) is 5.32 Å². The van der Waals surface area contributed by atoms with E-state index in [4.69, 9.17) is 5.11 Å². The highest BCUT2D eigenvalue weighted by molar-refractivity contribution is 5.72. The standard InChI is InChI=1S/C3H7NO.C3H6O/c1-3(5)4-2;1-3(2)4/h1-2H3,(H,4,5);4H,1H2,2H3. The van der Waals surface area contributed by atoms with E-state index in [9.17, 15) is 4.79 Å². The Hall–Kier alpha value is -0.990. The molecule has 0 aliphatic rings. The maximum absolute atomic E-state index is 9.70. The fraction of sp³-hybridized carbons (Fsp3) is 0.500. The molecule has 54 valence electrons. The van der Waals surface area contributed by atoms with Gasteiger partial charge in [-0.25, -0.2) is 0 Å². The Bertz CT molecular complexity index is 95.2. The Morgan fingerprint density at radius 3 is 1.67 bits per heavy atom. The van der Waals surface area contributed by atoms with E-state index < -0.39 is 0 Å². The molecule has 0 aromatic carbocycles. The lowest BCUT2D eigenvalue weighted by molar-refractivity contribution is -0.118. The fourth-order valence-corrected chi connectivity index (χ4v) is 0. The third-order valence-electron chi connectivity index (χ3n) is 0.352. The molecule has 3 heteroatoms. The molecular formula is C6H13NO2. The molecule has 0 aromatic heterocycles. The minimum atomic E-state index is 0.00463.